The molecule has 158 valence electrons. The summed E-state index contributed by atoms with van der Waals surface area (Å²) in [6, 6.07) is 0.580. The Morgan fingerprint density at radius 3 is 1.96 bits per heavy atom. The molecule has 0 bridgehead atoms. The van der Waals surface area contributed by atoms with Gasteiger partial charge in [-0.3, -0.25) is 9.59 Å². The lowest BCUT2D eigenvalue weighted by atomic mass is 9.82. The first-order valence-electron chi connectivity index (χ1n) is 9.89. The Hall–Kier alpha value is -1.69. The molecule has 1 aromatic heterocycles. The number of ketones is 2. The molecule has 6 heteroatoms. The maximum atomic E-state index is 12.7. The van der Waals surface area contributed by atoms with Crippen molar-refractivity contribution in [3.05, 3.63) is 22.5 Å². The summed E-state index contributed by atoms with van der Waals surface area (Å²) in [5, 5.41) is 0. The van der Waals surface area contributed by atoms with Gasteiger partial charge in [0.15, 0.2) is 0 Å². The highest BCUT2D eigenvalue weighted by molar-refractivity contribution is 6.78. The van der Waals surface area contributed by atoms with Gasteiger partial charge in [0.1, 0.15) is 22.9 Å². The fraction of sp³-hybridized carbons (Fsp3) is 0.682. The number of H-pyrrole nitrogens is 1. The molecule has 0 amide bonds. The van der Waals surface area contributed by atoms with Crippen molar-refractivity contribution in [3.63, 3.8) is 0 Å². The molecule has 0 spiro atoms. The molecule has 0 aliphatic rings. The van der Waals surface area contributed by atoms with Crippen LogP contribution in [0.1, 0.15) is 68.3 Å². The highest BCUT2D eigenvalue weighted by Gasteiger charge is 2.33. The molecular weight excluding hydrogens is 370 g/mol. The van der Waals surface area contributed by atoms with Crippen LogP contribution in [0.2, 0.25) is 25.7 Å². The minimum atomic E-state index is -1.52. The van der Waals surface area contributed by atoms with Crippen molar-refractivity contribution in [2.75, 3.05) is 0 Å². The monoisotopic (exact) mass is 407 g/mol. The Balaban J connectivity index is 2.91. The molecule has 0 fully saturated rings. The Morgan fingerprint density at radius 2 is 1.50 bits per heavy atom. The summed E-state index contributed by atoms with van der Waals surface area (Å²) < 4.78 is 5.44. The van der Waals surface area contributed by atoms with Gasteiger partial charge in [-0.25, -0.2) is 4.79 Å². The van der Waals surface area contributed by atoms with E-state index in [1.165, 1.54) is 0 Å². The third-order valence-corrected chi connectivity index (χ3v) is 6.11. The lowest BCUT2D eigenvalue weighted by Crippen LogP contribution is -2.34. The number of ether oxygens (including phenoxy) is 1. The van der Waals surface area contributed by atoms with Gasteiger partial charge in [-0.05, 0) is 45.7 Å². The van der Waals surface area contributed by atoms with Gasteiger partial charge in [-0.15, -0.1) is 0 Å². The third kappa shape index (κ3) is 7.04. The van der Waals surface area contributed by atoms with Crippen molar-refractivity contribution in [2.24, 2.45) is 5.41 Å². The van der Waals surface area contributed by atoms with Crippen LogP contribution in [0.15, 0.2) is 0 Å². The zero-order valence-corrected chi connectivity index (χ0v) is 20.3. The zero-order chi connectivity index (χ0) is 22.1. The van der Waals surface area contributed by atoms with Crippen molar-refractivity contribution in [3.8, 4) is 0 Å². The van der Waals surface area contributed by atoms with Crippen LogP contribution in [0, 0.1) is 19.3 Å². The maximum absolute atomic E-state index is 12.7. The molecule has 0 aliphatic heterocycles. The van der Waals surface area contributed by atoms with Gasteiger partial charge in [0.25, 0.3) is 0 Å². The van der Waals surface area contributed by atoms with E-state index < -0.39 is 25.1 Å². The van der Waals surface area contributed by atoms with Crippen molar-refractivity contribution in [1.29, 1.82) is 0 Å². The molecule has 0 aromatic carbocycles. The molecule has 0 unspecified atom stereocenters. The first-order chi connectivity index (χ1) is 12.4. The number of aromatic amines is 1. The van der Waals surface area contributed by atoms with Crippen LogP contribution in [0.4, 0.5) is 0 Å². The highest BCUT2D eigenvalue weighted by atomic mass is 28.3. The smallest absolute Gasteiger partial charge is 0.355 e. The average Bonchev–Trinajstić information content (AvgIpc) is 2.71. The van der Waals surface area contributed by atoms with Crippen LogP contribution in [-0.2, 0) is 20.7 Å². The summed E-state index contributed by atoms with van der Waals surface area (Å²) in [6.07, 6.45) is 0.384. The van der Waals surface area contributed by atoms with Gasteiger partial charge in [0.2, 0.25) is 0 Å². The largest absolute Gasteiger partial charge is 0.455 e. The van der Waals surface area contributed by atoms with E-state index in [4.69, 9.17) is 4.74 Å². The maximum Gasteiger partial charge on any atom is 0.355 e. The molecule has 1 aromatic rings. The quantitative estimate of drug-likeness (QED) is 0.485. The number of carbonyl (C=O) groups excluding carboxylic acids is 3. The number of rotatable bonds is 8. The van der Waals surface area contributed by atoms with E-state index in [9.17, 15) is 14.4 Å². The van der Waals surface area contributed by atoms with Crippen LogP contribution in [0.25, 0.3) is 0 Å². The summed E-state index contributed by atoms with van der Waals surface area (Å²) in [6.45, 7) is 19.4. The van der Waals surface area contributed by atoms with Gasteiger partial charge in [-0.2, -0.15) is 0 Å². The minimum absolute atomic E-state index is 0.00554. The molecule has 5 nitrogen and oxygen atoms in total. The normalized spacial score (nSPS) is 12.8. The van der Waals surface area contributed by atoms with Crippen molar-refractivity contribution in [1.82, 2.24) is 4.98 Å². The van der Waals surface area contributed by atoms with Crippen molar-refractivity contribution < 1.29 is 19.1 Å². The molecule has 0 aliphatic carbocycles. The van der Waals surface area contributed by atoms with Crippen molar-refractivity contribution >= 4 is 25.6 Å². The Labute approximate surface area is 170 Å². The van der Waals surface area contributed by atoms with Gasteiger partial charge in [0.05, 0.1) is 8.07 Å². The first-order valence-corrected chi connectivity index (χ1v) is 13.6. The lowest BCUT2D eigenvalue weighted by molar-refractivity contribution is -0.130. The second-order valence-electron chi connectivity index (χ2n) is 10.7. The number of hydrogen-bond acceptors (Lipinski definition) is 4. The van der Waals surface area contributed by atoms with E-state index in [2.05, 4.69) is 24.6 Å². The number of hydrogen-bond donors (Lipinski definition) is 1. The number of carbonyl (C=O) groups is 3. The second kappa shape index (κ2) is 8.35. The van der Waals surface area contributed by atoms with E-state index in [1.807, 2.05) is 48.5 Å². The van der Waals surface area contributed by atoms with Gasteiger partial charge < -0.3 is 9.72 Å². The van der Waals surface area contributed by atoms with Crippen LogP contribution >= 0.6 is 0 Å². The molecule has 1 N–H and O–H groups in total. The number of nitrogens with one attached hydrogen (secondary N) is 1. The van der Waals surface area contributed by atoms with Crippen LogP contribution in [0.5, 0.6) is 0 Å². The Morgan fingerprint density at radius 1 is 0.964 bits per heavy atom. The number of Topliss-reactive ketones (excluding diaryl/α,β-unsaturated/α-hetero) is 2. The van der Waals surface area contributed by atoms with Gasteiger partial charge >= 0.3 is 5.97 Å². The van der Waals surface area contributed by atoms with E-state index in [1.54, 1.807) is 0 Å². The van der Waals surface area contributed by atoms with E-state index in [0.717, 1.165) is 16.8 Å². The predicted molar refractivity (Wildman–Crippen MR) is 116 cm³/mol. The zero-order valence-electron chi connectivity index (χ0n) is 19.3. The summed E-state index contributed by atoms with van der Waals surface area (Å²) in [5.41, 5.74) is 1.55. The summed E-state index contributed by atoms with van der Waals surface area (Å²) in [4.78, 5) is 40.8. The molecule has 1 heterocycles. The SMILES string of the molecule is Cc1c(CC(=O)CC(C)(C)C(=O)C[Si](C)(C)C)[nH]c(C(=O)OC(C)(C)C)c1C. The van der Waals surface area contributed by atoms with Gasteiger partial charge in [0, 0.05) is 30.0 Å². The van der Waals surface area contributed by atoms with E-state index in [0.29, 0.717) is 11.7 Å². The van der Waals surface area contributed by atoms with Gasteiger partial charge in [-0.1, -0.05) is 33.5 Å². The summed E-state index contributed by atoms with van der Waals surface area (Å²) >= 11 is 0. The molecule has 0 atom stereocenters. The summed E-state index contributed by atoms with van der Waals surface area (Å²) in [7, 11) is -1.52. The Kier molecular flexibility index (Phi) is 7.26. The lowest BCUT2D eigenvalue weighted by Gasteiger charge is -2.26. The molecular formula is C22H37NO4Si. The average molecular weight is 408 g/mol. The number of aromatic nitrogens is 1. The highest BCUT2D eigenvalue weighted by Crippen LogP contribution is 2.28. The van der Waals surface area contributed by atoms with Crippen LogP contribution in [0.3, 0.4) is 0 Å². The Bertz CT molecular complexity index is 761. The summed E-state index contributed by atoms with van der Waals surface area (Å²) in [5.74, 6) is -0.264. The fourth-order valence-corrected chi connectivity index (χ4v) is 4.48. The molecule has 28 heavy (non-hydrogen) atoms. The first kappa shape index (κ1) is 24.3. The topological polar surface area (TPSA) is 76.2 Å². The predicted octanol–water partition coefficient (Wildman–Crippen LogP) is 5.02. The fourth-order valence-electron chi connectivity index (χ4n) is 3.03. The third-order valence-electron chi connectivity index (χ3n) is 4.73. The van der Waals surface area contributed by atoms with E-state index >= 15 is 0 Å². The second-order valence-corrected chi connectivity index (χ2v) is 16.1. The van der Waals surface area contributed by atoms with Crippen molar-refractivity contribution in [2.45, 2.75) is 92.6 Å². The molecule has 0 saturated carbocycles. The molecule has 0 radical (unpaired) electrons. The molecule has 0 saturated heterocycles. The number of esters is 1. The van der Waals surface area contributed by atoms with Crippen LogP contribution in [-0.4, -0.2) is 36.2 Å². The molecule has 1 rings (SSSR count). The standard InChI is InChI=1S/C22H37NO4Si/c1-14-15(2)19(20(26)27-21(3,4)5)23-17(14)11-16(24)12-22(6,7)18(25)13-28(8,9)10/h23H,11-13H2,1-10H3. The van der Waals surface area contributed by atoms with Crippen LogP contribution < -0.4 is 0 Å². The minimum Gasteiger partial charge on any atom is -0.455 e. The van der Waals surface area contributed by atoms with E-state index in [-0.39, 0.29) is 24.4 Å².